The molecule has 1 aliphatic rings. The number of hydrogen-bond acceptors (Lipinski definition) is 2. The van der Waals surface area contributed by atoms with Gasteiger partial charge in [-0.25, -0.2) is 0 Å². The van der Waals surface area contributed by atoms with Gasteiger partial charge in [0.05, 0.1) is 12.6 Å². The summed E-state index contributed by atoms with van der Waals surface area (Å²) in [6.45, 7) is 3.41. The zero-order valence-electron chi connectivity index (χ0n) is 6.45. The first-order chi connectivity index (χ1) is 4.88. The van der Waals surface area contributed by atoms with Crippen molar-refractivity contribution >= 4 is 0 Å². The van der Waals surface area contributed by atoms with Crippen molar-refractivity contribution in [3.05, 3.63) is 12.3 Å². The van der Waals surface area contributed by atoms with Crippen LogP contribution in [-0.4, -0.2) is 29.2 Å². The average molecular weight is 141 g/mol. The lowest BCUT2D eigenvalue weighted by Crippen LogP contribution is -2.26. The summed E-state index contributed by atoms with van der Waals surface area (Å²) in [5.74, 6) is 0. The molecule has 2 nitrogen and oxygen atoms in total. The zero-order valence-corrected chi connectivity index (χ0v) is 6.45. The second-order valence-electron chi connectivity index (χ2n) is 2.70. The molecule has 10 heavy (non-hydrogen) atoms. The summed E-state index contributed by atoms with van der Waals surface area (Å²) in [6.07, 6.45) is 6.44. The predicted molar refractivity (Wildman–Crippen MR) is 41.6 cm³/mol. The molecule has 1 saturated heterocycles. The van der Waals surface area contributed by atoms with Crippen LogP contribution < -0.4 is 0 Å². The lowest BCUT2D eigenvalue weighted by Gasteiger charge is -2.19. The standard InChI is InChI=1S/C8H15NO/c1-2-5-9-6-3-4-8(9)7-10/h2,5,8,10H,3-4,6-7H2,1H3/b5-2+. The van der Waals surface area contributed by atoms with Crippen LogP contribution in [0.5, 0.6) is 0 Å². The molecule has 58 valence electrons. The molecule has 0 aromatic carbocycles. The van der Waals surface area contributed by atoms with Gasteiger partial charge in [-0.2, -0.15) is 0 Å². The molecule has 0 aliphatic carbocycles. The number of likely N-dealkylation sites (tertiary alicyclic amines) is 1. The highest BCUT2D eigenvalue weighted by Crippen LogP contribution is 2.16. The minimum Gasteiger partial charge on any atom is -0.394 e. The van der Waals surface area contributed by atoms with Crippen LogP contribution >= 0.6 is 0 Å². The van der Waals surface area contributed by atoms with E-state index in [-0.39, 0.29) is 0 Å². The maximum Gasteiger partial charge on any atom is 0.0634 e. The number of nitrogens with zero attached hydrogens (tertiary/aromatic N) is 1. The van der Waals surface area contributed by atoms with Gasteiger partial charge in [0.25, 0.3) is 0 Å². The number of aliphatic hydroxyl groups is 1. The highest BCUT2D eigenvalue weighted by Gasteiger charge is 2.19. The van der Waals surface area contributed by atoms with Crippen LogP contribution in [0, 0.1) is 0 Å². The third-order valence-corrected chi connectivity index (χ3v) is 1.97. The Kier molecular flexibility index (Phi) is 2.75. The Morgan fingerprint density at radius 1 is 1.70 bits per heavy atom. The Labute approximate surface area is 62.2 Å². The fourth-order valence-corrected chi connectivity index (χ4v) is 1.44. The van der Waals surface area contributed by atoms with Crippen LogP contribution in [-0.2, 0) is 0 Å². The third-order valence-electron chi connectivity index (χ3n) is 1.97. The molecule has 2 heteroatoms. The van der Waals surface area contributed by atoms with Crippen molar-refractivity contribution in [2.45, 2.75) is 25.8 Å². The van der Waals surface area contributed by atoms with Crippen LogP contribution in [0.4, 0.5) is 0 Å². The summed E-state index contributed by atoms with van der Waals surface area (Å²) < 4.78 is 0. The van der Waals surface area contributed by atoms with E-state index in [1.165, 1.54) is 6.42 Å². The second kappa shape index (κ2) is 3.62. The Bertz CT molecular complexity index is 122. The van der Waals surface area contributed by atoms with Gasteiger partial charge in [-0.05, 0) is 26.0 Å². The molecule has 0 radical (unpaired) electrons. The minimum absolute atomic E-state index is 0.296. The number of hydrogen-bond donors (Lipinski definition) is 1. The Hall–Kier alpha value is -0.500. The minimum atomic E-state index is 0.296. The molecule has 0 bridgehead atoms. The van der Waals surface area contributed by atoms with Crippen LogP contribution in [0.25, 0.3) is 0 Å². The molecule has 0 amide bonds. The van der Waals surface area contributed by atoms with Crippen LogP contribution in [0.3, 0.4) is 0 Å². The van der Waals surface area contributed by atoms with Crippen LogP contribution in [0.2, 0.25) is 0 Å². The third kappa shape index (κ3) is 1.51. The average Bonchev–Trinajstić information content (AvgIpc) is 2.36. The molecule has 1 fully saturated rings. The van der Waals surface area contributed by atoms with E-state index in [1.807, 2.05) is 13.0 Å². The van der Waals surface area contributed by atoms with Gasteiger partial charge in [0.15, 0.2) is 0 Å². The highest BCUT2D eigenvalue weighted by atomic mass is 16.3. The van der Waals surface area contributed by atoms with Gasteiger partial charge in [0.1, 0.15) is 0 Å². The van der Waals surface area contributed by atoms with Crippen molar-refractivity contribution in [3.8, 4) is 0 Å². The first kappa shape index (κ1) is 7.61. The van der Waals surface area contributed by atoms with E-state index >= 15 is 0 Å². The van der Waals surface area contributed by atoms with Gasteiger partial charge >= 0.3 is 0 Å². The van der Waals surface area contributed by atoms with E-state index in [0.717, 1.165) is 13.0 Å². The second-order valence-corrected chi connectivity index (χ2v) is 2.70. The summed E-state index contributed by atoms with van der Waals surface area (Å²) in [5, 5.41) is 8.89. The summed E-state index contributed by atoms with van der Waals surface area (Å²) in [7, 11) is 0. The van der Waals surface area contributed by atoms with Gasteiger partial charge in [-0.1, -0.05) is 6.08 Å². The van der Waals surface area contributed by atoms with E-state index in [2.05, 4.69) is 11.1 Å². The first-order valence-corrected chi connectivity index (χ1v) is 3.88. The van der Waals surface area contributed by atoms with Crippen molar-refractivity contribution in [1.82, 2.24) is 4.90 Å². The smallest absolute Gasteiger partial charge is 0.0634 e. The van der Waals surface area contributed by atoms with Crippen molar-refractivity contribution in [2.24, 2.45) is 0 Å². The van der Waals surface area contributed by atoms with Gasteiger partial charge in [0, 0.05) is 6.54 Å². The van der Waals surface area contributed by atoms with Crippen molar-refractivity contribution in [1.29, 1.82) is 0 Å². The molecule has 1 heterocycles. The van der Waals surface area contributed by atoms with Crippen LogP contribution in [0.15, 0.2) is 12.3 Å². The van der Waals surface area contributed by atoms with Crippen molar-refractivity contribution < 1.29 is 5.11 Å². The maximum atomic E-state index is 8.89. The van der Waals surface area contributed by atoms with Crippen LogP contribution in [0.1, 0.15) is 19.8 Å². The largest absolute Gasteiger partial charge is 0.394 e. The van der Waals surface area contributed by atoms with E-state index in [4.69, 9.17) is 5.11 Å². The Morgan fingerprint density at radius 2 is 2.50 bits per heavy atom. The topological polar surface area (TPSA) is 23.5 Å². The molecule has 1 N–H and O–H groups in total. The molecule has 0 saturated carbocycles. The van der Waals surface area contributed by atoms with E-state index in [1.54, 1.807) is 0 Å². The van der Waals surface area contributed by atoms with Gasteiger partial charge in [-0.3, -0.25) is 0 Å². The SMILES string of the molecule is C/C=C/N1CCCC1CO. The molecule has 0 aromatic heterocycles. The van der Waals surface area contributed by atoms with E-state index in [9.17, 15) is 0 Å². The molecule has 1 unspecified atom stereocenters. The Balaban J connectivity index is 2.41. The summed E-state index contributed by atoms with van der Waals surface area (Å²) >= 11 is 0. The van der Waals surface area contributed by atoms with E-state index < -0.39 is 0 Å². The summed E-state index contributed by atoms with van der Waals surface area (Å²) in [4.78, 5) is 2.21. The quantitative estimate of drug-likeness (QED) is 0.619. The number of allylic oxidation sites excluding steroid dienone is 1. The van der Waals surface area contributed by atoms with Gasteiger partial charge in [-0.15, -0.1) is 0 Å². The van der Waals surface area contributed by atoms with Crippen molar-refractivity contribution in [2.75, 3.05) is 13.2 Å². The van der Waals surface area contributed by atoms with E-state index in [0.29, 0.717) is 12.6 Å². The predicted octanol–water partition coefficient (Wildman–Crippen LogP) is 0.977. The first-order valence-electron chi connectivity index (χ1n) is 3.88. The summed E-state index contributed by atoms with van der Waals surface area (Å²) in [6, 6.07) is 0.385. The van der Waals surface area contributed by atoms with Gasteiger partial charge in [0.2, 0.25) is 0 Å². The molecule has 1 aliphatic heterocycles. The maximum absolute atomic E-state index is 8.89. The lowest BCUT2D eigenvalue weighted by molar-refractivity contribution is 0.196. The summed E-state index contributed by atoms with van der Waals surface area (Å²) in [5.41, 5.74) is 0. The fraction of sp³-hybridized carbons (Fsp3) is 0.750. The normalized spacial score (nSPS) is 26.6. The molecule has 1 atom stereocenters. The highest BCUT2D eigenvalue weighted by molar-refractivity contribution is 4.88. The molecule has 0 aromatic rings. The lowest BCUT2D eigenvalue weighted by atomic mass is 10.2. The number of rotatable bonds is 2. The van der Waals surface area contributed by atoms with Gasteiger partial charge < -0.3 is 10.0 Å². The zero-order chi connectivity index (χ0) is 7.40. The molecule has 0 spiro atoms. The number of aliphatic hydroxyl groups excluding tert-OH is 1. The Morgan fingerprint density at radius 3 is 3.10 bits per heavy atom. The molecular formula is C8H15NO. The molecule has 1 rings (SSSR count). The monoisotopic (exact) mass is 141 g/mol. The fourth-order valence-electron chi connectivity index (χ4n) is 1.44. The molecular weight excluding hydrogens is 126 g/mol. The van der Waals surface area contributed by atoms with Crippen molar-refractivity contribution in [3.63, 3.8) is 0 Å².